The van der Waals surface area contributed by atoms with E-state index in [-0.39, 0.29) is 12.4 Å². The standard InChI is InChI=1S/C23H26N2.ClH/c1-18-22(24-15-14-23(18)25-16-5-2-6-17-25)13-12-20-10-7-9-19-8-3-4-11-21(19)20;/h3-4,7-11,14-15H,2,5-6,12-13,16-17H2,1H3;1H. The molecule has 1 saturated heterocycles. The molecule has 26 heavy (non-hydrogen) atoms. The smallest absolute Gasteiger partial charge is 0.0456 e. The van der Waals surface area contributed by atoms with Gasteiger partial charge >= 0.3 is 0 Å². The van der Waals surface area contributed by atoms with Gasteiger partial charge < -0.3 is 4.90 Å². The van der Waals surface area contributed by atoms with Crippen LogP contribution in [-0.4, -0.2) is 18.1 Å². The lowest BCUT2D eigenvalue weighted by Gasteiger charge is -2.30. The minimum atomic E-state index is 0. The van der Waals surface area contributed by atoms with Crippen molar-refractivity contribution in [3.05, 3.63) is 71.5 Å². The highest BCUT2D eigenvalue weighted by molar-refractivity contribution is 5.86. The van der Waals surface area contributed by atoms with Crippen molar-refractivity contribution in [1.29, 1.82) is 0 Å². The third-order valence-electron chi connectivity index (χ3n) is 5.49. The number of halogens is 1. The van der Waals surface area contributed by atoms with E-state index in [0.717, 1.165) is 12.8 Å². The fourth-order valence-corrected chi connectivity index (χ4v) is 4.06. The Morgan fingerprint density at radius 3 is 2.50 bits per heavy atom. The van der Waals surface area contributed by atoms with Crippen molar-refractivity contribution in [2.75, 3.05) is 18.0 Å². The molecule has 0 N–H and O–H groups in total. The Labute approximate surface area is 162 Å². The molecule has 1 aliphatic rings. The van der Waals surface area contributed by atoms with Crippen LogP contribution >= 0.6 is 12.4 Å². The molecule has 0 bridgehead atoms. The van der Waals surface area contributed by atoms with Gasteiger partial charge in [-0.3, -0.25) is 4.98 Å². The average molecular weight is 367 g/mol. The van der Waals surface area contributed by atoms with Crippen molar-refractivity contribution < 1.29 is 0 Å². The van der Waals surface area contributed by atoms with Gasteiger partial charge in [0.05, 0.1) is 0 Å². The molecule has 0 saturated carbocycles. The maximum Gasteiger partial charge on any atom is 0.0456 e. The number of hydrogen-bond acceptors (Lipinski definition) is 2. The van der Waals surface area contributed by atoms with E-state index in [0.29, 0.717) is 0 Å². The molecule has 0 amide bonds. The SMILES string of the molecule is Cc1c(N2CCCCC2)ccnc1CCc1cccc2ccccc12.Cl. The lowest BCUT2D eigenvalue weighted by molar-refractivity contribution is 0.576. The quantitative estimate of drug-likeness (QED) is 0.585. The van der Waals surface area contributed by atoms with Crippen LogP contribution in [0.5, 0.6) is 0 Å². The molecule has 0 aliphatic carbocycles. The number of rotatable bonds is 4. The fraction of sp³-hybridized carbons (Fsp3) is 0.348. The van der Waals surface area contributed by atoms with Gasteiger partial charge in [0, 0.05) is 30.7 Å². The van der Waals surface area contributed by atoms with Crippen LogP contribution in [0.25, 0.3) is 10.8 Å². The lowest BCUT2D eigenvalue weighted by Crippen LogP contribution is -2.30. The Morgan fingerprint density at radius 2 is 1.65 bits per heavy atom. The molecule has 2 heterocycles. The van der Waals surface area contributed by atoms with Crippen LogP contribution in [0.3, 0.4) is 0 Å². The average Bonchev–Trinajstić information content (AvgIpc) is 2.68. The topological polar surface area (TPSA) is 16.1 Å². The van der Waals surface area contributed by atoms with Gasteiger partial charge in [0.15, 0.2) is 0 Å². The zero-order valence-corrected chi connectivity index (χ0v) is 16.3. The molecule has 4 rings (SSSR count). The number of anilines is 1. The summed E-state index contributed by atoms with van der Waals surface area (Å²) in [5.41, 5.74) is 5.42. The van der Waals surface area contributed by atoms with E-state index in [2.05, 4.69) is 60.4 Å². The molecule has 0 atom stereocenters. The summed E-state index contributed by atoms with van der Waals surface area (Å²) >= 11 is 0. The van der Waals surface area contributed by atoms with Crippen molar-refractivity contribution in [2.24, 2.45) is 0 Å². The second-order valence-electron chi connectivity index (χ2n) is 7.09. The highest BCUT2D eigenvalue weighted by atomic mass is 35.5. The summed E-state index contributed by atoms with van der Waals surface area (Å²) in [7, 11) is 0. The van der Waals surface area contributed by atoms with E-state index >= 15 is 0 Å². The Balaban J connectivity index is 0.00000196. The van der Waals surface area contributed by atoms with E-state index in [1.165, 1.54) is 65.6 Å². The van der Waals surface area contributed by atoms with Crippen molar-refractivity contribution in [3.8, 4) is 0 Å². The minimum absolute atomic E-state index is 0. The van der Waals surface area contributed by atoms with Crippen molar-refractivity contribution in [2.45, 2.75) is 39.0 Å². The van der Waals surface area contributed by atoms with Gasteiger partial charge in [-0.15, -0.1) is 12.4 Å². The van der Waals surface area contributed by atoms with E-state index in [4.69, 9.17) is 4.98 Å². The second kappa shape index (κ2) is 8.55. The van der Waals surface area contributed by atoms with Gasteiger partial charge in [-0.2, -0.15) is 0 Å². The third-order valence-corrected chi connectivity index (χ3v) is 5.49. The summed E-state index contributed by atoms with van der Waals surface area (Å²) < 4.78 is 0. The molecule has 0 unspecified atom stereocenters. The zero-order chi connectivity index (χ0) is 17.1. The van der Waals surface area contributed by atoms with Crippen molar-refractivity contribution in [1.82, 2.24) is 4.98 Å². The molecule has 1 fully saturated rings. The van der Waals surface area contributed by atoms with Gasteiger partial charge in [0.25, 0.3) is 0 Å². The summed E-state index contributed by atoms with van der Waals surface area (Å²) in [5.74, 6) is 0. The number of piperidine rings is 1. The minimum Gasteiger partial charge on any atom is -0.371 e. The molecule has 3 heteroatoms. The summed E-state index contributed by atoms with van der Waals surface area (Å²) in [6.45, 7) is 4.62. The molecular weight excluding hydrogens is 340 g/mol. The molecule has 1 aromatic heterocycles. The molecule has 0 spiro atoms. The van der Waals surface area contributed by atoms with E-state index < -0.39 is 0 Å². The van der Waals surface area contributed by atoms with Gasteiger partial charge in [0.2, 0.25) is 0 Å². The van der Waals surface area contributed by atoms with Crippen molar-refractivity contribution >= 4 is 28.9 Å². The van der Waals surface area contributed by atoms with Gasteiger partial charge in [-0.1, -0.05) is 42.5 Å². The molecule has 1 aliphatic heterocycles. The molecule has 2 nitrogen and oxygen atoms in total. The third kappa shape index (κ3) is 3.86. The molecule has 0 radical (unpaired) electrons. The van der Waals surface area contributed by atoms with E-state index in [9.17, 15) is 0 Å². The van der Waals surface area contributed by atoms with E-state index in [1.807, 2.05) is 6.20 Å². The Morgan fingerprint density at radius 1 is 0.885 bits per heavy atom. The zero-order valence-electron chi connectivity index (χ0n) is 15.4. The van der Waals surface area contributed by atoms with Crippen molar-refractivity contribution in [3.63, 3.8) is 0 Å². The number of aromatic nitrogens is 1. The van der Waals surface area contributed by atoms with Gasteiger partial charge in [0.1, 0.15) is 0 Å². The monoisotopic (exact) mass is 366 g/mol. The second-order valence-corrected chi connectivity index (χ2v) is 7.09. The Hall–Kier alpha value is -2.06. The fourth-order valence-electron chi connectivity index (χ4n) is 4.06. The maximum absolute atomic E-state index is 4.70. The van der Waals surface area contributed by atoms with Crippen LogP contribution in [0.2, 0.25) is 0 Å². The normalized spacial score (nSPS) is 14.3. The van der Waals surface area contributed by atoms with Crippen LogP contribution in [0, 0.1) is 6.92 Å². The lowest BCUT2D eigenvalue weighted by atomic mass is 9.98. The predicted molar refractivity (Wildman–Crippen MR) is 114 cm³/mol. The molecule has 136 valence electrons. The predicted octanol–water partition coefficient (Wildman–Crippen LogP) is 5.74. The van der Waals surface area contributed by atoms with Gasteiger partial charge in [-0.05, 0) is 67.0 Å². The molecule has 2 aromatic carbocycles. The number of nitrogens with zero attached hydrogens (tertiary/aromatic N) is 2. The summed E-state index contributed by atoms with van der Waals surface area (Å²) in [4.78, 5) is 7.25. The van der Waals surface area contributed by atoms with Crippen LogP contribution in [-0.2, 0) is 12.8 Å². The van der Waals surface area contributed by atoms with Crippen LogP contribution in [0.15, 0.2) is 54.7 Å². The molecular formula is C23H27ClN2. The Bertz CT molecular complexity index is 864. The molecule has 3 aromatic rings. The number of aryl methyl sites for hydroxylation is 2. The number of hydrogen-bond donors (Lipinski definition) is 0. The number of fused-ring (bicyclic) bond motifs is 1. The first-order valence-electron chi connectivity index (χ1n) is 9.49. The Kier molecular flexibility index (Phi) is 6.16. The summed E-state index contributed by atoms with van der Waals surface area (Å²) in [6, 6.07) is 17.5. The highest BCUT2D eigenvalue weighted by Crippen LogP contribution is 2.26. The number of benzene rings is 2. The first-order valence-corrected chi connectivity index (χ1v) is 9.49. The first kappa shape index (κ1) is 18.7. The highest BCUT2D eigenvalue weighted by Gasteiger charge is 2.15. The van der Waals surface area contributed by atoms with Crippen LogP contribution in [0.4, 0.5) is 5.69 Å². The maximum atomic E-state index is 4.70. The number of pyridine rings is 1. The van der Waals surface area contributed by atoms with Crippen LogP contribution < -0.4 is 4.90 Å². The van der Waals surface area contributed by atoms with Gasteiger partial charge in [-0.25, -0.2) is 0 Å². The first-order chi connectivity index (χ1) is 12.3. The summed E-state index contributed by atoms with van der Waals surface area (Å²) in [6.07, 6.45) is 8.03. The largest absolute Gasteiger partial charge is 0.371 e. The van der Waals surface area contributed by atoms with E-state index in [1.54, 1.807) is 0 Å². The van der Waals surface area contributed by atoms with Crippen LogP contribution in [0.1, 0.15) is 36.1 Å². The summed E-state index contributed by atoms with van der Waals surface area (Å²) in [5, 5.41) is 2.70.